The van der Waals surface area contributed by atoms with Crippen LogP contribution in [0, 0.1) is 12.3 Å². The van der Waals surface area contributed by atoms with Crippen LogP contribution in [0.15, 0.2) is 54.9 Å². The second kappa shape index (κ2) is 10.7. The minimum Gasteiger partial charge on any atom is -0.446 e. The van der Waals surface area contributed by atoms with Crippen LogP contribution in [0.3, 0.4) is 0 Å². The van der Waals surface area contributed by atoms with Gasteiger partial charge in [0.2, 0.25) is 6.10 Å². The lowest BCUT2D eigenvalue weighted by molar-refractivity contribution is -0.765. The van der Waals surface area contributed by atoms with E-state index in [0.717, 1.165) is 0 Å². The van der Waals surface area contributed by atoms with Gasteiger partial charge in [-0.25, -0.2) is 4.79 Å². The van der Waals surface area contributed by atoms with Gasteiger partial charge in [0.25, 0.3) is 5.91 Å². The van der Waals surface area contributed by atoms with Crippen molar-refractivity contribution >= 4 is 11.9 Å². The molecule has 1 aliphatic heterocycles. The van der Waals surface area contributed by atoms with Crippen molar-refractivity contribution < 1.29 is 28.4 Å². The Morgan fingerprint density at radius 3 is 2.58 bits per heavy atom. The molecule has 1 aliphatic rings. The summed E-state index contributed by atoms with van der Waals surface area (Å²) >= 11 is 0. The Morgan fingerprint density at radius 2 is 1.90 bits per heavy atom. The number of amides is 1. The lowest BCUT2D eigenvalue weighted by atomic mass is 10.1. The number of hydrogen-bond donors (Lipinski definition) is 1. The summed E-state index contributed by atoms with van der Waals surface area (Å²) in [5.74, 6) is 1.56. The topological polar surface area (TPSA) is 91.7 Å². The molecule has 0 radical (unpaired) electrons. The summed E-state index contributed by atoms with van der Waals surface area (Å²) in [6.45, 7) is 2.40. The van der Waals surface area contributed by atoms with E-state index in [0.29, 0.717) is 37.0 Å². The molecule has 0 saturated carbocycles. The molecule has 162 valence electrons. The number of nitrogens with two attached hydrogens (primary N) is 1. The predicted octanol–water partition coefficient (Wildman–Crippen LogP) is 2.40. The Morgan fingerprint density at radius 1 is 1.16 bits per heavy atom. The van der Waals surface area contributed by atoms with Gasteiger partial charge < -0.3 is 19.9 Å². The predicted molar refractivity (Wildman–Crippen MR) is 113 cm³/mol. The molecular formula is C24H27N2O5+. The first kappa shape index (κ1) is 22.5. The highest BCUT2D eigenvalue weighted by molar-refractivity contribution is 5.92. The monoisotopic (exact) mass is 423 g/mol. The molecule has 7 nitrogen and oxygen atoms in total. The third-order valence-electron chi connectivity index (χ3n) is 5.12. The molecule has 1 aromatic heterocycles. The smallest absolute Gasteiger partial charge is 0.338 e. The summed E-state index contributed by atoms with van der Waals surface area (Å²) in [6.07, 6.45) is 8.43. The number of rotatable bonds is 9. The van der Waals surface area contributed by atoms with E-state index in [1.54, 1.807) is 53.4 Å². The number of esters is 1. The summed E-state index contributed by atoms with van der Waals surface area (Å²) in [5.41, 5.74) is 6.19. The molecule has 0 spiro atoms. The number of ether oxygens (including phenoxy) is 3. The van der Waals surface area contributed by atoms with Gasteiger partial charge in [-0.1, -0.05) is 25.1 Å². The van der Waals surface area contributed by atoms with Gasteiger partial charge in [-0.2, -0.15) is 4.57 Å². The first-order valence-electron chi connectivity index (χ1n) is 10.3. The van der Waals surface area contributed by atoms with Crippen molar-refractivity contribution in [2.45, 2.75) is 50.7 Å². The van der Waals surface area contributed by atoms with Gasteiger partial charge >= 0.3 is 12.2 Å². The summed E-state index contributed by atoms with van der Waals surface area (Å²) in [5, 5.41) is 0. The van der Waals surface area contributed by atoms with Gasteiger partial charge in [-0.05, 0) is 31.0 Å². The van der Waals surface area contributed by atoms with Crippen molar-refractivity contribution in [3.05, 3.63) is 66.0 Å². The Hall–Kier alpha value is -3.21. The van der Waals surface area contributed by atoms with E-state index in [4.69, 9.17) is 26.4 Å². The minimum atomic E-state index is -0.725. The average Bonchev–Trinajstić information content (AvgIpc) is 3.14. The molecule has 31 heavy (non-hydrogen) atoms. The van der Waals surface area contributed by atoms with E-state index < -0.39 is 30.3 Å². The number of nitrogens with zero attached hydrogens (tertiary/aromatic N) is 1. The van der Waals surface area contributed by atoms with Crippen molar-refractivity contribution in [3.8, 4) is 12.3 Å². The zero-order chi connectivity index (χ0) is 22.2. The van der Waals surface area contributed by atoms with Crippen LogP contribution in [0.2, 0.25) is 0 Å². The number of terminal acetylenes is 1. The van der Waals surface area contributed by atoms with E-state index in [-0.39, 0.29) is 6.10 Å². The number of aromatic nitrogens is 1. The van der Waals surface area contributed by atoms with E-state index in [1.807, 2.05) is 13.0 Å². The molecule has 7 heteroatoms. The Labute approximate surface area is 182 Å². The molecule has 0 unspecified atom stereocenters. The van der Waals surface area contributed by atoms with Crippen LogP contribution >= 0.6 is 0 Å². The number of carbonyl (C=O) groups excluding carboxylic acids is 2. The van der Waals surface area contributed by atoms with Gasteiger partial charge in [0.05, 0.1) is 11.7 Å². The number of benzene rings is 1. The number of carbonyl (C=O) groups is 2. The third kappa shape index (κ3) is 5.48. The molecule has 2 N–H and O–H groups in total. The minimum absolute atomic E-state index is 0.297. The van der Waals surface area contributed by atoms with E-state index >= 15 is 0 Å². The summed E-state index contributed by atoms with van der Waals surface area (Å²) in [4.78, 5) is 24.5. The van der Waals surface area contributed by atoms with Crippen LogP contribution < -0.4 is 10.3 Å². The first-order chi connectivity index (χ1) is 15.0. The van der Waals surface area contributed by atoms with Crippen LogP contribution in [-0.4, -0.2) is 36.8 Å². The fourth-order valence-corrected chi connectivity index (χ4v) is 3.56. The molecule has 1 amide bonds. The number of unbranched alkanes of at least 4 members (excludes halogenated alkanes) is 1. The zero-order valence-corrected chi connectivity index (χ0v) is 17.5. The molecule has 2 heterocycles. The molecule has 1 aromatic carbocycles. The molecule has 3 rings (SSSR count). The number of primary amides is 1. The second-order valence-corrected chi connectivity index (χ2v) is 7.26. The summed E-state index contributed by atoms with van der Waals surface area (Å²) in [7, 11) is 0. The van der Waals surface area contributed by atoms with E-state index in [1.165, 1.54) is 0 Å². The van der Waals surface area contributed by atoms with Gasteiger partial charge in [0.1, 0.15) is 11.7 Å². The van der Waals surface area contributed by atoms with Gasteiger partial charge in [-0.3, -0.25) is 4.79 Å². The SMILES string of the molecule is C#CCCCO[C@H]1[C@@H](OC(=O)c2ccccc2)[C@H]([n+]2cccc(C(N)=O)c2)O[C@@H]1CC. The lowest BCUT2D eigenvalue weighted by Gasteiger charge is -2.22. The normalized spacial score (nSPS) is 22.6. The quantitative estimate of drug-likeness (QED) is 0.289. The van der Waals surface area contributed by atoms with Crippen LogP contribution in [0.4, 0.5) is 0 Å². The van der Waals surface area contributed by atoms with Crippen LogP contribution in [0.1, 0.15) is 53.1 Å². The zero-order valence-electron chi connectivity index (χ0n) is 17.5. The average molecular weight is 423 g/mol. The Bertz CT molecular complexity index is 940. The highest BCUT2D eigenvalue weighted by atomic mass is 16.6. The van der Waals surface area contributed by atoms with Gasteiger partial charge in [0, 0.05) is 19.1 Å². The second-order valence-electron chi connectivity index (χ2n) is 7.26. The van der Waals surface area contributed by atoms with Crippen LogP contribution in [-0.2, 0) is 14.2 Å². The maximum atomic E-state index is 12.8. The molecule has 1 saturated heterocycles. The molecule has 2 aromatic rings. The highest BCUT2D eigenvalue weighted by Gasteiger charge is 2.52. The van der Waals surface area contributed by atoms with Crippen molar-refractivity contribution in [2.75, 3.05) is 6.61 Å². The fraction of sp³-hybridized carbons (Fsp3) is 0.375. The Balaban J connectivity index is 1.89. The first-order valence-corrected chi connectivity index (χ1v) is 10.3. The Kier molecular flexibility index (Phi) is 7.76. The number of hydrogen-bond acceptors (Lipinski definition) is 5. The van der Waals surface area contributed by atoms with Crippen molar-refractivity contribution in [1.29, 1.82) is 0 Å². The van der Waals surface area contributed by atoms with Crippen molar-refractivity contribution in [3.63, 3.8) is 0 Å². The summed E-state index contributed by atoms with van der Waals surface area (Å²) in [6, 6.07) is 12.1. The van der Waals surface area contributed by atoms with E-state index in [2.05, 4.69) is 5.92 Å². The maximum Gasteiger partial charge on any atom is 0.338 e. The van der Waals surface area contributed by atoms with Crippen LogP contribution in [0.25, 0.3) is 0 Å². The fourth-order valence-electron chi connectivity index (χ4n) is 3.56. The van der Waals surface area contributed by atoms with Crippen molar-refractivity contribution in [2.24, 2.45) is 5.73 Å². The van der Waals surface area contributed by atoms with E-state index in [9.17, 15) is 9.59 Å². The van der Waals surface area contributed by atoms with Gasteiger partial charge in [-0.15, -0.1) is 12.3 Å². The lowest BCUT2D eigenvalue weighted by Crippen LogP contribution is -2.48. The number of pyridine rings is 1. The summed E-state index contributed by atoms with van der Waals surface area (Å²) < 4.78 is 19.9. The molecule has 1 fully saturated rings. The molecular weight excluding hydrogens is 396 g/mol. The third-order valence-corrected chi connectivity index (χ3v) is 5.12. The van der Waals surface area contributed by atoms with Crippen molar-refractivity contribution in [1.82, 2.24) is 0 Å². The standard InChI is InChI=1S/C24H26N2O5/c1-3-5-9-15-29-20-19(4-2)30-23(26-14-10-13-18(16-26)22(25)27)21(20)31-24(28)17-11-7-6-8-12-17/h1,6-8,10-14,16,19-21,23H,4-5,9,15H2,2H3,(H-,25,27)/p+1/t19-,20-,21-,23-/m1/s1. The molecule has 0 aliphatic carbocycles. The largest absolute Gasteiger partial charge is 0.446 e. The van der Waals surface area contributed by atoms with Gasteiger partial charge in [0.15, 0.2) is 12.4 Å². The molecule has 4 atom stereocenters. The molecule has 0 bridgehead atoms. The highest BCUT2D eigenvalue weighted by Crippen LogP contribution is 2.33. The maximum absolute atomic E-state index is 12.8. The van der Waals surface area contributed by atoms with Crippen LogP contribution in [0.5, 0.6) is 0 Å².